The summed E-state index contributed by atoms with van der Waals surface area (Å²) in [5.41, 5.74) is 5.58. The van der Waals surface area contributed by atoms with Gasteiger partial charge in [-0.15, -0.1) is 0 Å². The largest absolute Gasteiger partial charge is 0.364 e. The van der Waals surface area contributed by atoms with Crippen LogP contribution in [0.4, 0.5) is 0 Å². The summed E-state index contributed by atoms with van der Waals surface area (Å²) in [7, 11) is 0. The number of amides is 1. The lowest BCUT2D eigenvalue weighted by Gasteiger charge is -2.36. The predicted molar refractivity (Wildman–Crippen MR) is 74.8 cm³/mol. The molecular weight excluding hydrogens is 242 g/mol. The summed E-state index contributed by atoms with van der Waals surface area (Å²) in [6.45, 7) is 9.74. The molecule has 2 atom stereocenters. The van der Waals surface area contributed by atoms with E-state index in [1.54, 1.807) is 0 Å². The third kappa shape index (κ3) is 3.91. The predicted octanol–water partition coefficient (Wildman–Crippen LogP) is 0.293. The lowest BCUT2D eigenvalue weighted by atomic mass is 10.1. The maximum Gasteiger partial charge on any atom is 0.251 e. The van der Waals surface area contributed by atoms with Crippen molar-refractivity contribution in [3.8, 4) is 0 Å². The second kappa shape index (κ2) is 6.68. The van der Waals surface area contributed by atoms with Gasteiger partial charge in [-0.25, -0.2) is 0 Å². The van der Waals surface area contributed by atoms with Gasteiger partial charge in [0.15, 0.2) is 0 Å². The average molecular weight is 269 g/mol. The molecule has 2 N–H and O–H groups in total. The Hall–Kier alpha value is -0.650. The molecule has 1 amide bonds. The monoisotopic (exact) mass is 269 g/mol. The van der Waals surface area contributed by atoms with Gasteiger partial charge in [-0.3, -0.25) is 9.69 Å². The number of rotatable bonds is 4. The third-order valence-electron chi connectivity index (χ3n) is 3.95. The Kier molecular flexibility index (Phi) is 5.19. The summed E-state index contributed by atoms with van der Waals surface area (Å²) in [6.07, 6.45) is 1.58. The number of nitrogens with two attached hydrogens (primary N) is 1. The van der Waals surface area contributed by atoms with Gasteiger partial charge in [0.05, 0.1) is 6.10 Å². The zero-order valence-corrected chi connectivity index (χ0v) is 12.2. The lowest BCUT2D eigenvalue weighted by Crippen LogP contribution is -2.52. The molecule has 0 radical (unpaired) electrons. The number of carbonyl (C=O) groups excluding carboxylic acids is 1. The van der Waals surface area contributed by atoms with Crippen LogP contribution in [0.15, 0.2) is 0 Å². The molecule has 0 aromatic carbocycles. The highest BCUT2D eigenvalue weighted by Crippen LogP contribution is 2.21. The van der Waals surface area contributed by atoms with E-state index in [0.29, 0.717) is 12.5 Å². The highest BCUT2D eigenvalue weighted by Gasteiger charge is 2.33. The van der Waals surface area contributed by atoms with Gasteiger partial charge in [0.2, 0.25) is 0 Å². The molecule has 0 spiro atoms. The Balaban J connectivity index is 1.76. The normalized spacial score (nSPS) is 29.2. The molecule has 2 rings (SSSR count). The molecule has 0 saturated carbocycles. The van der Waals surface area contributed by atoms with Crippen molar-refractivity contribution in [2.24, 2.45) is 11.7 Å². The average Bonchev–Trinajstić information content (AvgIpc) is 2.87. The van der Waals surface area contributed by atoms with Crippen molar-refractivity contribution in [3.63, 3.8) is 0 Å². The van der Waals surface area contributed by atoms with Crippen molar-refractivity contribution in [3.05, 3.63) is 0 Å². The van der Waals surface area contributed by atoms with Gasteiger partial charge in [-0.2, -0.15) is 0 Å². The molecule has 2 aliphatic heterocycles. The minimum Gasteiger partial charge on any atom is -0.364 e. The summed E-state index contributed by atoms with van der Waals surface area (Å²) in [5, 5.41) is 0. The Morgan fingerprint density at radius 1 is 1.26 bits per heavy atom. The number of hydrogen-bond donors (Lipinski definition) is 1. The smallest absolute Gasteiger partial charge is 0.251 e. The molecule has 0 aromatic heterocycles. The van der Waals surface area contributed by atoms with Crippen molar-refractivity contribution in [2.45, 2.75) is 38.9 Å². The highest BCUT2D eigenvalue weighted by molar-refractivity contribution is 5.81. The van der Waals surface area contributed by atoms with Crippen LogP contribution in [0.2, 0.25) is 0 Å². The maximum absolute atomic E-state index is 12.3. The number of ether oxygens (including phenoxy) is 1. The van der Waals surface area contributed by atoms with Crippen LogP contribution < -0.4 is 5.73 Å². The van der Waals surface area contributed by atoms with Crippen molar-refractivity contribution >= 4 is 5.91 Å². The summed E-state index contributed by atoms with van der Waals surface area (Å²) in [6, 6.07) is 0. The van der Waals surface area contributed by atoms with Crippen LogP contribution in [-0.4, -0.2) is 67.2 Å². The van der Waals surface area contributed by atoms with Crippen LogP contribution in [0.3, 0.4) is 0 Å². The molecule has 2 fully saturated rings. The zero-order valence-electron chi connectivity index (χ0n) is 12.2. The van der Waals surface area contributed by atoms with Gasteiger partial charge in [0, 0.05) is 39.3 Å². The quantitative estimate of drug-likeness (QED) is 0.797. The molecule has 0 aromatic rings. The summed E-state index contributed by atoms with van der Waals surface area (Å²) in [4.78, 5) is 16.7. The SMILES string of the molecule is CC(C)CN1CCN(C(=O)C2CCC(CN)O2)CC1. The first-order chi connectivity index (χ1) is 9.10. The van der Waals surface area contributed by atoms with Crippen LogP contribution in [0, 0.1) is 5.92 Å². The molecule has 0 aliphatic carbocycles. The molecule has 2 heterocycles. The minimum atomic E-state index is -0.245. The third-order valence-corrected chi connectivity index (χ3v) is 3.95. The van der Waals surface area contributed by atoms with Crippen LogP contribution >= 0.6 is 0 Å². The standard InChI is InChI=1S/C14H27N3O2/c1-11(2)10-16-5-7-17(8-6-16)14(18)13-4-3-12(9-15)19-13/h11-13H,3-10,15H2,1-2H3. The van der Waals surface area contributed by atoms with E-state index in [1.165, 1.54) is 0 Å². The minimum absolute atomic E-state index is 0.0798. The second-order valence-electron chi connectivity index (χ2n) is 6.08. The van der Waals surface area contributed by atoms with E-state index in [-0.39, 0.29) is 18.1 Å². The maximum atomic E-state index is 12.3. The van der Waals surface area contributed by atoms with Gasteiger partial charge in [0.25, 0.3) is 5.91 Å². The van der Waals surface area contributed by atoms with E-state index in [2.05, 4.69) is 18.7 Å². The summed E-state index contributed by atoms with van der Waals surface area (Å²) in [5.74, 6) is 0.853. The van der Waals surface area contributed by atoms with Crippen LogP contribution in [0.25, 0.3) is 0 Å². The van der Waals surface area contributed by atoms with Gasteiger partial charge in [-0.05, 0) is 18.8 Å². The molecule has 2 aliphatic rings. The van der Waals surface area contributed by atoms with Gasteiger partial charge >= 0.3 is 0 Å². The second-order valence-corrected chi connectivity index (χ2v) is 6.08. The van der Waals surface area contributed by atoms with Crippen molar-refractivity contribution < 1.29 is 9.53 Å². The van der Waals surface area contributed by atoms with Crippen molar-refractivity contribution in [1.29, 1.82) is 0 Å². The van der Waals surface area contributed by atoms with Crippen molar-refractivity contribution in [2.75, 3.05) is 39.3 Å². The van der Waals surface area contributed by atoms with Gasteiger partial charge < -0.3 is 15.4 Å². The van der Waals surface area contributed by atoms with E-state index < -0.39 is 0 Å². The van der Waals surface area contributed by atoms with Gasteiger partial charge in [0.1, 0.15) is 6.10 Å². The number of hydrogen-bond acceptors (Lipinski definition) is 4. The first-order valence-electron chi connectivity index (χ1n) is 7.46. The Morgan fingerprint density at radius 2 is 1.95 bits per heavy atom. The first kappa shape index (κ1) is 14.8. The Bertz CT molecular complexity index is 301. The molecule has 2 unspecified atom stereocenters. The summed E-state index contributed by atoms with van der Waals surface area (Å²) >= 11 is 0. The highest BCUT2D eigenvalue weighted by atomic mass is 16.5. The fourth-order valence-electron chi connectivity index (χ4n) is 2.93. The summed E-state index contributed by atoms with van der Waals surface area (Å²) < 4.78 is 5.69. The number of carbonyl (C=O) groups is 1. The van der Waals surface area contributed by atoms with Crippen LogP contribution in [0.1, 0.15) is 26.7 Å². The van der Waals surface area contributed by atoms with Crippen molar-refractivity contribution in [1.82, 2.24) is 9.80 Å². The van der Waals surface area contributed by atoms with E-state index >= 15 is 0 Å². The van der Waals surface area contributed by atoms with E-state index in [0.717, 1.165) is 45.6 Å². The topological polar surface area (TPSA) is 58.8 Å². The van der Waals surface area contributed by atoms with Crippen LogP contribution in [0.5, 0.6) is 0 Å². The van der Waals surface area contributed by atoms with E-state index in [1.807, 2.05) is 4.90 Å². The van der Waals surface area contributed by atoms with Crippen LogP contribution in [-0.2, 0) is 9.53 Å². The fraction of sp³-hybridized carbons (Fsp3) is 0.929. The Morgan fingerprint density at radius 3 is 2.47 bits per heavy atom. The molecule has 110 valence electrons. The molecule has 19 heavy (non-hydrogen) atoms. The molecular formula is C14H27N3O2. The Labute approximate surface area is 116 Å². The molecule has 2 saturated heterocycles. The number of nitrogens with zero attached hydrogens (tertiary/aromatic N) is 2. The molecule has 5 nitrogen and oxygen atoms in total. The van der Waals surface area contributed by atoms with Gasteiger partial charge in [-0.1, -0.05) is 13.8 Å². The van der Waals surface area contributed by atoms with E-state index in [9.17, 15) is 4.79 Å². The zero-order chi connectivity index (χ0) is 13.8. The number of piperazine rings is 1. The first-order valence-corrected chi connectivity index (χ1v) is 7.46. The molecule has 0 bridgehead atoms. The fourth-order valence-corrected chi connectivity index (χ4v) is 2.93. The molecule has 5 heteroatoms. The lowest BCUT2D eigenvalue weighted by molar-refractivity contribution is -0.144. The van der Waals surface area contributed by atoms with E-state index in [4.69, 9.17) is 10.5 Å².